The maximum Gasteiger partial charge on any atom is 0.206 e. The van der Waals surface area contributed by atoms with E-state index < -0.39 is 0 Å². The molecule has 0 atom stereocenters. The quantitative estimate of drug-likeness (QED) is 0.782. The minimum absolute atomic E-state index is 0.234. The number of benzene rings is 1. The summed E-state index contributed by atoms with van der Waals surface area (Å²) in [6.07, 6.45) is 4.53. The van der Waals surface area contributed by atoms with Gasteiger partial charge in [-0.05, 0) is 31.9 Å². The fourth-order valence-electron chi connectivity index (χ4n) is 4.33. The molecular weight excluding hydrogens is 314 g/mol. The van der Waals surface area contributed by atoms with Crippen molar-refractivity contribution in [2.45, 2.75) is 38.6 Å². The first kappa shape index (κ1) is 14.7. The molecule has 4 heterocycles. The van der Waals surface area contributed by atoms with Crippen LogP contribution in [0.4, 0.5) is 5.95 Å². The zero-order valence-electron chi connectivity index (χ0n) is 14.3. The topological polar surface area (TPSA) is 66.8 Å². The highest BCUT2D eigenvalue weighted by Crippen LogP contribution is 2.34. The maximum absolute atomic E-state index is 12.2. The summed E-state index contributed by atoms with van der Waals surface area (Å²) in [4.78, 5) is 27.1. The second kappa shape index (κ2) is 5.44. The minimum Gasteiger partial charge on any atom is -0.348 e. The number of H-pyrrole nitrogens is 1. The van der Waals surface area contributed by atoms with Gasteiger partial charge in [-0.25, -0.2) is 9.97 Å². The van der Waals surface area contributed by atoms with Gasteiger partial charge in [0.25, 0.3) is 0 Å². The number of imidazole rings is 2. The molecule has 6 nitrogen and oxygen atoms in total. The van der Waals surface area contributed by atoms with Gasteiger partial charge in [0.15, 0.2) is 5.78 Å². The van der Waals surface area contributed by atoms with Crippen molar-refractivity contribution in [2.75, 3.05) is 18.0 Å². The average Bonchev–Trinajstić information content (AvgIpc) is 3.23. The van der Waals surface area contributed by atoms with E-state index in [4.69, 9.17) is 4.98 Å². The molecule has 0 saturated carbocycles. The minimum atomic E-state index is 0.234. The molecule has 0 spiro atoms. The fourth-order valence-corrected chi connectivity index (χ4v) is 4.33. The van der Waals surface area contributed by atoms with Crippen LogP contribution in [0.15, 0.2) is 24.5 Å². The van der Waals surface area contributed by atoms with E-state index in [9.17, 15) is 4.79 Å². The number of hydrogen-bond donors (Lipinski definition) is 1. The van der Waals surface area contributed by atoms with E-state index in [1.807, 2.05) is 18.2 Å². The predicted molar refractivity (Wildman–Crippen MR) is 96.2 cm³/mol. The molecule has 25 heavy (non-hydrogen) atoms. The number of nitrogens with zero attached hydrogens (tertiary/aromatic N) is 4. The molecule has 1 aromatic carbocycles. The zero-order chi connectivity index (χ0) is 17.0. The molecule has 128 valence electrons. The van der Waals surface area contributed by atoms with Gasteiger partial charge in [-0.3, -0.25) is 4.79 Å². The van der Waals surface area contributed by atoms with Gasteiger partial charge >= 0.3 is 0 Å². The molecule has 0 aliphatic carbocycles. The number of rotatable bonds is 2. The predicted octanol–water partition coefficient (Wildman–Crippen LogP) is 3.04. The highest BCUT2D eigenvalue weighted by molar-refractivity contribution is 6.08. The highest BCUT2D eigenvalue weighted by Gasteiger charge is 2.29. The molecule has 1 N–H and O–H groups in total. The van der Waals surface area contributed by atoms with Crippen LogP contribution in [0, 0.1) is 6.92 Å². The van der Waals surface area contributed by atoms with Crippen LogP contribution in [0.25, 0.3) is 11.0 Å². The molecule has 2 aromatic heterocycles. The van der Waals surface area contributed by atoms with Crippen molar-refractivity contribution < 1.29 is 4.79 Å². The Morgan fingerprint density at radius 2 is 2.04 bits per heavy atom. The Morgan fingerprint density at radius 3 is 2.80 bits per heavy atom. The zero-order valence-corrected chi connectivity index (χ0v) is 14.3. The number of para-hydroxylation sites is 1. The monoisotopic (exact) mass is 335 g/mol. The number of ketones is 1. The lowest BCUT2D eigenvalue weighted by Crippen LogP contribution is -2.35. The first-order valence-electron chi connectivity index (χ1n) is 8.99. The number of carbonyl (C=O) groups is 1. The molecule has 0 radical (unpaired) electrons. The number of piperidine rings is 1. The number of aromatic amines is 1. The number of aromatic nitrogens is 4. The van der Waals surface area contributed by atoms with E-state index in [0.29, 0.717) is 12.3 Å². The van der Waals surface area contributed by atoms with Gasteiger partial charge in [0.2, 0.25) is 5.95 Å². The molecular formula is C19H21N5O. The molecule has 3 aromatic rings. The Kier molecular flexibility index (Phi) is 3.20. The van der Waals surface area contributed by atoms with Crippen molar-refractivity contribution in [2.24, 2.45) is 0 Å². The number of anilines is 1. The first-order valence-corrected chi connectivity index (χ1v) is 8.99. The Labute approximate surface area is 145 Å². The summed E-state index contributed by atoms with van der Waals surface area (Å²) in [5, 5.41) is 0. The first-order chi connectivity index (χ1) is 12.2. The number of aryl methyl sites for hydroxylation is 2. The Balaban J connectivity index is 1.46. The molecule has 0 unspecified atom stereocenters. The third-order valence-electron chi connectivity index (χ3n) is 5.64. The number of Topliss-reactive ketones (excluding diaryl/α,β-unsaturated/α-hetero) is 1. The summed E-state index contributed by atoms with van der Waals surface area (Å²) in [6, 6.07) is 5.88. The van der Waals surface area contributed by atoms with Crippen LogP contribution >= 0.6 is 0 Å². The maximum atomic E-state index is 12.2. The third-order valence-corrected chi connectivity index (χ3v) is 5.64. The summed E-state index contributed by atoms with van der Waals surface area (Å²) < 4.78 is 2.24. The van der Waals surface area contributed by atoms with Crippen molar-refractivity contribution in [3.8, 4) is 0 Å². The highest BCUT2D eigenvalue weighted by atomic mass is 16.1. The van der Waals surface area contributed by atoms with Crippen LogP contribution in [-0.4, -0.2) is 38.4 Å². The lowest BCUT2D eigenvalue weighted by atomic mass is 9.92. The van der Waals surface area contributed by atoms with Gasteiger partial charge in [-0.1, -0.05) is 6.07 Å². The summed E-state index contributed by atoms with van der Waals surface area (Å²) in [7, 11) is 0. The molecule has 2 aliphatic heterocycles. The number of carbonyl (C=O) groups excluding carboxylic acids is 1. The second-order valence-electron chi connectivity index (χ2n) is 7.08. The van der Waals surface area contributed by atoms with E-state index in [2.05, 4.69) is 26.4 Å². The van der Waals surface area contributed by atoms with Crippen molar-refractivity contribution in [1.29, 1.82) is 0 Å². The third kappa shape index (κ3) is 2.20. The standard InChI is InChI=1S/C19H21N5O/c1-12-17(21-11-20-12)13-5-8-23(9-6-13)19-22-15-4-2-3-14-16(25)7-10-24(19)18(14)15/h2-4,11,13H,5-10H2,1H3,(H,20,21). The number of nitrogens with one attached hydrogen (secondary N) is 1. The van der Waals surface area contributed by atoms with Crippen molar-refractivity contribution in [3.05, 3.63) is 41.5 Å². The van der Waals surface area contributed by atoms with Gasteiger partial charge in [-0.15, -0.1) is 0 Å². The van der Waals surface area contributed by atoms with E-state index in [1.54, 1.807) is 6.33 Å². The summed E-state index contributed by atoms with van der Waals surface area (Å²) in [6.45, 7) is 4.78. The second-order valence-corrected chi connectivity index (χ2v) is 7.08. The van der Waals surface area contributed by atoms with Gasteiger partial charge in [0.1, 0.15) is 0 Å². The van der Waals surface area contributed by atoms with Crippen LogP contribution in [0.1, 0.15) is 46.9 Å². The van der Waals surface area contributed by atoms with Crippen LogP contribution in [0.3, 0.4) is 0 Å². The van der Waals surface area contributed by atoms with Crippen LogP contribution in [-0.2, 0) is 6.54 Å². The smallest absolute Gasteiger partial charge is 0.206 e. The molecule has 0 amide bonds. The summed E-state index contributed by atoms with van der Waals surface area (Å²) in [5.41, 5.74) is 5.17. The van der Waals surface area contributed by atoms with E-state index in [-0.39, 0.29) is 5.78 Å². The van der Waals surface area contributed by atoms with Crippen LogP contribution in [0.5, 0.6) is 0 Å². The molecule has 6 heteroatoms. The van der Waals surface area contributed by atoms with Gasteiger partial charge in [0, 0.05) is 43.2 Å². The molecule has 1 saturated heterocycles. The normalized spacial score (nSPS) is 18.3. The summed E-state index contributed by atoms with van der Waals surface area (Å²) >= 11 is 0. The van der Waals surface area contributed by atoms with E-state index in [0.717, 1.165) is 55.0 Å². The largest absolute Gasteiger partial charge is 0.348 e. The number of hydrogen-bond acceptors (Lipinski definition) is 4. The molecule has 0 bridgehead atoms. The molecule has 2 aliphatic rings. The Morgan fingerprint density at radius 1 is 1.20 bits per heavy atom. The van der Waals surface area contributed by atoms with Crippen molar-refractivity contribution in [3.63, 3.8) is 0 Å². The van der Waals surface area contributed by atoms with Crippen LogP contribution in [0.2, 0.25) is 0 Å². The van der Waals surface area contributed by atoms with Crippen LogP contribution < -0.4 is 4.90 Å². The SMILES string of the molecule is Cc1[nH]cnc1C1CCN(c2nc3cccc4c3n2CCC4=O)CC1. The average molecular weight is 335 g/mol. The van der Waals surface area contributed by atoms with Gasteiger partial charge in [-0.2, -0.15) is 0 Å². The van der Waals surface area contributed by atoms with Crippen molar-refractivity contribution >= 4 is 22.8 Å². The summed E-state index contributed by atoms with van der Waals surface area (Å²) in [5.74, 6) is 1.77. The van der Waals surface area contributed by atoms with E-state index in [1.165, 1.54) is 11.4 Å². The van der Waals surface area contributed by atoms with Gasteiger partial charge < -0.3 is 14.5 Å². The van der Waals surface area contributed by atoms with Gasteiger partial charge in [0.05, 0.1) is 23.1 Å². The Hall–Kier alpha value is -2.63. The molecule has 1 fully saturated rings. The lowest BCUT2D eigenvalue weighted by molar-refractivity contribution is 0.0973. The fraction of sp³-hybridized carbons (Fsp3) is 0.421. The molecule has 5 rings (SSSR count). The van der Waals surface area contributed by atoms with E-state index >= 15 is 0 Å². The Bertz CT molecular complexity index is 962. The lowest BCUT2D eigenvalue weighted by Gasteiger charge is -2.33. The van der Waals surface area contributed by atoms with Crippen molar-refractivity contribution in [1.82, 2.24) is 19.5 Å².